The maximum absolute atomic E-state index is 9.36. The van der Waals surface area contributed by atoms with Crippen LogP contribution in [0.4, 0.5) is 0 Å². The fourth-order valence-corrected chi connectivity index (χ4v) is 3.71. The number of rotatable bonds is 4. The van der Waals surface area contributed by atoms with E-state index in [-0.39, 0.29) is 5.57 Å². The largest absolute Gasteiger partial charge is 0.457 e. The van der Waals surface area contributed by atoms with Crippen LogP contribution in [0.1, 0.15) is 11.1 Å². The molecule has 156 valence electrons. The molecular weight excluding hydrogens is 408 g/mol. The number of aromatic amines is 2. The summed E-state index contributed by atoms with van der Waals surface area (Å²) >= 11 is 0. The summed E-state index contributed by atoms with van der Waals surface area (Å²) in [5.41, 5.74) is 4.75. The third-order valence-electron chi connectivity index (χ3n) is 5.38. The molecule has 0 atom stereocenters. The minimum atomic E-state index is 0.0394. The van der Waals surface area contributed by atoms with E-state index in [1.165, 1.54) is 0 Å². The van der Waals surface area contributed by atoms with Crippen LogP contribution < -0.4 is 0 Å². The average Bonchev–Trinajstić information content (AvgIpc) is 3.51. The van der Waals surface area contributed by atoms with Crippen LogP contribution in [0.25, 0.3) is 34.0 Å². The molecule has 0 radical (unpaired) electrons. The maximum atomic E-state index is 9.36. The van der Waals surface area contributed by atoms with E-state index >= 15 is 0 Å². The molecule has 5 rings (SSSR count). The Balaban J connectivity index is 1.44. The number of nitrogens with one attached hydrogen (secondary N) is 2. The van der Waals surface area contributed by atoms with Crippen molar-refractivity contribution in [1.82, 2.24) is 9.97 Å². The van der Waals surface area contributed by atoms with Crippen LogP contribution in [0.15, 0.2) is 108 Å². The predicted molar refractivity (Wildman–Crippen MR) is 130 cm³/mol. The summed E-state index contributed by atoms with van der Waals surface area (Å²) in [5.74, 6) is 1.09. The van der Waals surface area contributed by atoms with Crippen LogP contribution in [0.2, 0.25) is 0 Å². The van der Waals surface area contributed by atoms with Gasteiger partial charge in [-0.3, -0.25) is 0 Å². The van der Waals surface area contributed by atoms with Crippen LogP contribution in [0.5, 0.6) is 0 Å². The predicted octanol–water partition coefficient (Wildman–Crippen LogP) is 6.52. The van der Waals surface area contributed by atoms with Crippen molar-refractivity contribution in [2.24, 2.45) is 0 Å². The monoisotopic (exact) mass is 426 g/mol. The smallest absolute Gasteiger partial charge is 0.137 e. The molecule has 2 aromatic carbocycles. The lowest BCUT2D eigenvalue weighted by Gasteiger charge is -2.14. The van der Waals surface area contributed by atoms with Crippen LogP contribution in [0, 0.1) is 22.7 Å². The Morgan fingerprint density at radius 3 is 1.70 bits per heavy atom. The number of benzene rings is 2. The second-order valence-corrected chi connectivity index (χ2v) is 7.56. The van der Waals surface area contributed by atoms with Crippen LogP contribution >= 0.6 is 0 Å². The van der Waals surface area contributed by atoms with Crippen LogP contribution in [0.3, 0.4) is 0 Å². The van der Waals surface area contributed by atoms with Gasteiger partial charge in [0.25, 0.3) is 0 Å². The van der Waals surface area contributed by atoms with Gasteiger partial charge in [0.15, 0.2) is 0 Å². The molecule has 0 aliphatic carbocycles. The molecule has 0 saturated heterocycles. The highest BCUT2D eigenvalue weighted by atomic mass is 16.5. The van der Waals surface area contributed by atoms with Gasteiger partial charge in [0.2, 0.25) is 0 Å². The number of fused-ring (bicyclic) bond motifs is 2. The molecule has 2 aromatic heterocycles. The van der Waals surface area contributed by atoms with E-state index in [4.69, 9.17) is 4.74 Å². The molecule has 33 heavy (non-hydrogen) atoms. The van der Waals surface area contributed by atoms with Gasteiger partial charge in [-0.15, -0.1) is 0 Å². The zero-order valence-electron chi connectivity index (χ0n) is 17.5. The lowest BCUT2D eigenvalue weighted by atomic mass is 10.0. The highest BCUT2D eigenvalue weighted by molar-refractivity contribution is 5.83. The molecule has 2 N–H and O–H groups in total. The quantitative estimate of drug-likeness (QED) is 0.364. The maximum Gasteiger partial charge on any atom is 0.137 e. The van der Waals surface area contributed by atoms with Gasteiger partial charge in [0.1, 0.15) is 29.2 Å². The molecule has 0 amide bonds. The van der Waals surface area contributed by atoms with E-state index in [9.17, 15) is 10.5 Å². The van der Waals surface area contributed by atoms with Crippen molar-refractivity contribution in [2.75, 3.05) is 0 Å². The number of H-pyrrole nitrogens is 2. The van der Waals surface area contributed by atoms with Gasteiger partial charge in [-0.25, -0.2) is 0 Å². The van der Waals surface area contributed by atoms with Gasteiger partial charge in [0.05, 0.1) is 0 Å². The van der Waals surface area contributed by atoms with Gasteiger partial charge >= 0.3 is 0 Å². The first-order chi connectivity index (χ1) is 16.2. The minimum Gasteiger partial charge on any atom is -0.457 e. The van der Waals surface area contributed by atoms with Gasteiger partial charge in [-0.05, 0) is 82.6 Å². The van der Waals surface area contributed by atoms with E-state index in [2.05, 4.69) is 22.1 Å². The van der Waals surface area contributed by atoms with Crippen molar-refractivity contribution >= 4 is 34.0 Å². The number of nitriles is 2. The molecule has 3 heterocycles. The molecule has 0 spiro atoms. The lowest BCUT2D eigenvalue weighted by molar-refractivity contribution is 0.332. The normalized spacial score (nSPS) is 13.7. The summed E-state index contributed by atoms with van der Waals surface area (Å²) < 4.78 is 6.03. The minimum absolute atomic E-state index is 0.0394. The zero-order chi connectivity index (χ0) is 22.6. The Morgan fingerprint density at radius 2 is 1.21 bits per heavy atom. The lowest BCUT2D eigenvalue weighted by Crippen LogP contribution is -1.98. The highest BCUT2D eigenvalue weighted by Gasteiger charge is 2.12. The fraction of sp³-hybridized carbons (Fsp3) is 0. The summed E-state index contributed by atoms with van der Waals surface area (Å²) in [7, 11) is 0. The number of nitrogens with zero attached hydrogens (tertiary/aromatic N) is 2. The molecule has 0 bridgehead atoms. The summed E-state index contributed by atoms with van der Waals surface area (Å²) in [4.78, 5) is 6.36. The molecule has 0 fully saturated rings. The Labute approximate surface area is 190 Å². The Morgan fingerprint density at radius 1 is 0.697 bits per heavy atom. The Hall–Kier alpha value is -5.00. The number of aromatic nitrogens is 2. The van der Waals surface area contributed by atoms with E-state index in [0.29, 0.717) is 17.1 Å². The molecule has 4 aromatic rings. The molecule has 0 unspecified atom stereocenters. The van der Waals surface area contributed by atoms with E-state index in [1.54, 1.807) is 12.2 Å². The van der Waals surface area contributed by atoms with Gasteiger partial charge in [-0.2, -0.15) is 10.5 Å². The van der Waals surface area contributed by atoms with E-state index < -0.39 is 0 Å². The standard InChI is InChI=1S/C28H18N4O/c29-17-24(18-30)23-15-25(5-1-19-3-7-27-21(13-19)9-11-31-27)33-26(16-23)6-2-20-4-8-28-22(14-20)10-12-32-28/h1-16,31-32H/b5-1+,6-2+. The average molecular weight is 426 g/mol. The summed E-state index contributed by atoms with van der Waals surface area (Å²) in [6, 6.07) is 20.2. The number of hydrogen-bond acceptors (Lipinski definition) is 3. The first-order valence-corrected chi connectivity index (χ1v) is 10.4. The third kappa shape index (κ3) is 4.25. The molecular formula is C28H18N4O. The zero-order valence-corrected chi connectivity index (χ0v) is 17.5. The molecule has 1 aliphatic heterocycles. The van der Waals surface area contributed by atoms with Gasteiger partial charge < -0.3 is 14.7 Å². The van der Waals surface area contributed by atoms with E-state index in [1.807, 2.05) is 85.2 Å². The molecule has 5 heteroatoms. The number of hydrogen-bond donors (Lipinski definition) is 2. The summed E-state index contributed by atoms with van der Waals surface area (Å²) in [6.07, 6.45) is 14.8. The second kappa shape index (κ2) is 8.63. The Bertz CT molecular complexity index is 1490. The van der Waals surface area contributed by atoms with Crippen molar-refractivity contribution in [3.05, 3.63) is 119 Å². The molecule has 0 saturated carbocycles. The Kier molecular flexibility index (Phi) is 5.21. The number of ether oxygens (including phenoxy) is 1. The van der Waals surface area contributed by atoms with Crippen molar-refractivity contribution in [1.29, 1.82) is 10.5 Å². The van der Waals surface area contributed by atoms with Crippen molar-refractivity contribution < 1.29 is 4.74 Å². The summed E-state index contributed by atoms with van der Waals surface area (Å²) in [6.45, 7) is 0. The SMILES string of the molecule is N#CC(C#N)=C1C=C(/C=C/c2ccc3[nH]ccc3c2)OC(/C=C/c2ccc3[nH]ccc3c2)=C1. The van der Waals surface area contributed by atoms with Crippen LogP contribution in [-0.2, 0) is 4.74 Å². The highest BCUT2D eigenvalue weighted by Crippen LogP contribution is 2.25. The van der Waals surface area contributed by atoms with Gasteiger partial charge in [-0.1, -0.05) is 24.3 Å². The van der Waals surface area contributed by atoms with Crippen LogP contribution in [-0.4, -0.2) is 9.97 Å². The van der Waals surface area contributed by atoms with Crippen molar-refractivity contribution in [2.45, 2.75) is 0 Å². The van der Waals surface area contributed by atoms with Gasteiger partial charge in [0, 0.05) is 29.0 Å². The first kappa shape index (κ1) is 19.9. The van der Waals surface area contributed by atoms with Crippen molar-refractivity contribution in [3.63, 3.8) is 0 Å². The summed E-state index contributed by atoms with van der Waals surface area (Å²) in [5, 5.41) is 21.0. The van der Waals surface area contributed by atoms with Crippen molar-refractivity contribution in [3.8, 4) is 12.1 Å². The topological polar surface area (TPSA) is 88.4 Å². The first-order valence-electron chi connectivity index (χ1n) is 10.4. The third-order valence-corrected chi connectivity index (χ3v) is 5.38. The number of allylic oxidation sites excluding steroid dienone is 6. The molecule has 1 aliphatic rings. The van der Waals surface area contributed by atoms with E-state index in [0.717, 1.165) is 32.9 Å². The fourth-order valence-electron chi connectivity index (χ4n) is 3.71. The molecule has 5 nitrogen and oxygen atoms in total. The second-order valence-electron chi connectivity index (χ2n) is 7.56.